The summed E-state index contributed by atoms with van der Waals surface area (Å²) in [6, 6.07) is 4.70. The van der Waals surface area contributed by atoms with E-state index in [2.05, 4.69) is 39.1 Å². The van der Waals surface area contributed by atoms with Gasteiger partial charge < -0.3 is 25.0 Å². The smallest absolute Gasteiger partial charge is 0.387 e. The van der Waals surface area contributed by atoms with Crippen LogP contribution in [0.4, 0.5) is 8.78 Å². The Balaban J connectivity index is 2.90. The lowest BCUT2D eigenvalue weighted by atomic mass is 9.93. The van der Waals surface area contributed by atoms with Gasteiger partial charge in [0.15, 0.2) is 5.96 Å². The van der Waals surface area contributed by atoms with Crippen LogP contribution in [0.15, 0.2) is 23.2 Å². The summed E-state index contributed by atoms with van der Waals surface area (Å²) < 4.78 is 35.0. The number of guanidine groups is 1. The zero-order valence-corrected chi connectivity index (χ0v) is 17.1. The number of nitrogens with one attached hydrogen (secondary N) is 2. The van der Waals surface area contributed by atoms with E-state index in [1.54, 1.807) is 12.1 Å². The van der Waals surface area contributed by atoms with Crippen molar-refractivity contribution < 1.29 is 18.3 Å². The highest BCUT2D eigenvalue weighted by Gasteiger charge is 2.19. The summed E-state index contributed by atoms with van der Waals surface area (Å²) in [4.78, 5) is 6.64. The first-order valence-corrected chi connectivity index (χ1v) is 8.95. The van der Waals surface area contributed by atoms with Crippen molar-refractivity contribution in [2.45, 2.75) is 33.9 Å². The molecule has 1 aromatic rings. The predicted octanol–water partition coefficient (Wildman–Crippen LogP) is 2.94. The molecule has 0 radical (unpaired) electrons. The topological polar surface area (TPSA) is 58.1 Å². The molecule has 8 heteroatoms. The standard InChI is InChI=1S/C19H32F2N4O2/c1-7-22-18(24-12-19(2,3)13-25(4)5)23-11-14-10-15(26-6)8-9-16(14)27-17(20)21/h8-10,17H,7,11-13H2,1-6H3,(H2,22,23,24). The first kappa shape index (κ1) is 23.0. The summed E-state index contributed by atoms with van der Waals surface area (Å²) in [7, 11) is 5.59. The summed E-state index contributed by atoms with van der Waals surface area (Å²) in [6.45, 7) is 5.93. The number of rotatable bonds is 10. The molecule has 0 fully saturated rings. The average Bonchev–Trinajstić information content (AvgIpc) is 2.56. The van der Waals surface area contributed by atoms with Crippen LogP contribution in [0.3, 0.4) is 0 Å². The quantitative estimate of drug-likeness (QED) is 0.478. The summed E-state index contributed by atoms with van der Waals surface area (Å²) in [5.74, 6) is 1.28. The Bertz CT molecular complexity index is 607. The minimum Gasteiger partial charge on any atom is -0.497 e. The zero-order chi connectivity index (χ0) is 20.4. The zero-order valence-electron chi connectivity index (χ0n) is 17.1. The van der Waals surface area contributed by atoms with Gasteiger partial charge >= 0.3 is 6.61 Å². The first-order valence-electron chi connectivity index (χ1n) is 8.95. The molecular formula is C19H32F2N4O2. The van der Waals surface area contributed by atoms with Crippen molar-refractivity contribution in [3.63, 3.8) is 0 Å². The van der Waals surface area contributed by atoms with E-state index in [1.165, 1.54) is 13.2 Å². The van der Waals surface area contributed by atoms with E-state index in [4.69, 9.17) is 4.74 Å². The van der Waals surface area contributed by atoms with Crippen LogP contribution in [-0.2, 0) is 6.54 Å². The lowest BCUT2D eigenvalue weighted by molar-refractivity contribution is -0.0504. The number of ether oxygens (including phenoxy) is 2. The number of benzene rings is 1. The third-order valence-electron chi connectivity index (χ3n) is 3.71. The Kier molecular flexibility index (Phi) is 9.28. The van der Waals surface area contributed by atoms with E-state index in [0.29, 0.717) is 23.8 Å². The number of aliphatic imine (C=N–C) groups is 1. The van der Waals surface area contributed by atoms with Crippen LogP contribution in [0.2, 0.25) is 0 Å². The lowest BCUT2D eigenvalue weighted by Crippen LogP contribution is -2.44. The second-order valence-corrected chi connectivity index (χ2v) is 7.30. The summed E-state index contributed by atoms with van der Waals surface area (Å²) in [6.07, 6.45) is 0. The molecule has 0 amide bonds. The molecule has 27 heavy (non-hydrogen) atoms. The summed E-state index contributed by atoms with van der Waals surface area (Å²) in [5, 5.41) is 6.49. The third-order valence-corrected chi connectivity index (χ3v) is 3.71. The van der Waals surface area contributed by atoms with Gasteiger partial charge in [0.2, 0.25) is 0 Å². The Hall–Kier alpha value is -2.09. The Morgan fingerprint density at radius 1 is 1.26 bits per heavy atom. The molecule has 2 N–H and O–H groups in total. The van der Waals surface area contributed by atoms with E-state index in [1.807, 2.05) is 21.0 Å². The fourth-order valence-electron chi connectivity index (χ4n) is 2.76. The monoisotopic (exact) mass is 386 g/mol. The van der Waals surface area contributed by atoms with Crippen LogP contribution in [0.1, 0.15) is 26.3 Å². The van der Waals surface area contributed by atoms with Gasteiger partial charge in [0.25, 0.3) is 0 Å². The Morgan fingerprint density at radius 2 is 1.96 bits per heavy atom. The molecule has 6 nitrogen and oxygen atoms in total. The number of nitrogens with zero attached hydrogens (tertiary/aromatic N) is 2. The normalized spacial score (nSPS) is 12.4. The van der Waals surface area contributed by atoms with Crippen LogP contribution in [-0.4, -0.2) is 58.3 Å². The Morgan fingerprint density at radius 3 is 2.52 bits per heavy atom. The molecule has 0 saturated carbocycles. The van der Waals surface area contributed by atoms with E-state index < -0.39 is 6.61 Å². The molecule has 0 unspecified atom stereocenters. The summed E-state index contributed by atoms with van der Waals surface area (Å²) >= 11 is 0. The van der Waals surface area contributed by atoms with Crippen LogP contribution in [0.5, 0.6) is 11.5 Å². The van der Waals surface area contributed by atoms with Gasteiger partial charge in [-0.1, -0.05) is 13.8 Å². The molecule has 0 aliphatic carbocycles. The molecular weight excluding hydrogens is 354 g/mol. The maximum absolute atomic E-state index is 12.6. The fourth-order valence-corrected chi connectivity index (χ4v) is 2.76. The van der Waals surface area contributed by atoms with Crippen molar-refractivity contribution in [1.29, 1.82) is 0 Å². The van der Waals surface area contributed by atoms with Crippen LogP contribution < -0.4 is 20.1 Å². The van der Waals surface area contributed by atoms with Crippen molar-refractivity contribution in [2.75, 3.05) is 40.8 Å². The van der Waals surface area contributed by atoms with Gasteiger partial charge in [-0.25, -0.2) is 4.99 Å². The lowest BCUT2D eigenvalue weighted by Gasteiger charge is -2.29. The van der Waals surface area contributed by atoms with Crippen molar-refractivity contribution in [2.24, 2.45) is 10.4 Å². The number of halogens is 2. The van der Waals surface area contributed by atoms with Gasteiger partial charge in [-0.15, -0.1) is 0 Å². The molecule has 0 aliphatic heterocycles. The maximum Gasteiger partial charge on any atom is 0.387 e. The van der Waals surface area contributed by atoms with Crippen molar-refractivity contribution >= 4 is 5.96 Å². The van der Waals surface area contributed by atoms with Gasteiger partial charge in [-0.05, 0) is 44.6 Å². The molecule has 1 rings (SSSR count). The van der Waals surface area contributed by atoms with Gasteiger partial charge in [-0.3, -0.25) is 0 Å². The molecule has 0 bridgehead atoms. The molecule has 0 spiro atoms. The highest BCUT2D eigenvalue weighted by Crippen LogP contribution is 2.26. The predicted molar refractivity (Wildman–Crippen MR) is 105 cm³/mol. The number of hydrogen-bond acceptors (Lipinski definition) is 4. The SMILES string of the molecule is CCNC(=NCc1cc(OC)ccc1OC(F)F)NCC(C)(C)CN(C)C. The van der Waals surface area contributed by atoms with E-state index in [0.717, 1.165) is 13.1 Å². The Labute approximate surface area is 160 Å². The van der Waals surface area contributed by atoms with Crippen molar-refractivity contribution in [1.82, 2.24) is 15.5 Å². The molecule has 0 atom stereocenters. The molecule has 0 aliphatic rings. The fraction of sp³-hybridized carbons (Fsp3) is 0.632. The van der Waals surface area contributed by atoms with Gasteiger partial charge in [0.05, 0.1) is 13.7 Å². The van der Waals surface area contributed by atoms with Gasteiger partial charge in [-0.2, -0.15) is 8.78 Å². The number of hydrogen-bond donors (Lipinski definition) is 2. The molecule has 0 heterocycles. The van der Waals surface area contributed by atoms with Gasteiger partial charge in [0.1, 0.15) is 11.5 Å². The minimum absolute atomic E-state index is 0.0413. The molecule has 154 valence electrons. The van der Waals surface area contributed by atoms with Crippen LogP contribution in [0.25, 0.3) is 0 Å². The summed E-state index contributed by atoms with van der Waals surface area (Å²) in [5.41, 5.74) is 0.569. The number of alkyl halides is 2. The molecule has 0 aromatic heterocycles. The highest BCUT2D eigenvalue weighted by atomic mass is 19.3. The highest BCUT2D eigenvalue weighted by molar-refractivity contribution is 5.79. The second kappa shape index (κ2) is 10.9. The molecule has 0 saturated heterocycles. The maximum atomic E-state index is 12.6. The largest absolute Gasteiger partial charge is 0.497 e. The van der Waals surface area contributed by atoms with E-state index in [-0.39, 0.29) is 17.7 Å². The van der Waals surface area contributed by atoms with Crippen LogP contribution >= 0.6 is 0 Å². The number of methoxy groups -OCH3 is 1. The minimum atomic E-state index is -2.89. The first-order chi connectivity index (χ1) is 12.7. The third kappa shape index (κ3) is 8.90. The van der Waals surface area contributed by atoms with E-state index in [9.17, 15) is 8.78 Å². The van der Waals surface area contributed by atoms with Crippen molar-refractivity contribution in [3.8, 4) is 11.5 Å². The van der Waals surface area contributed by atoms with Gasteiger partial charge in [0, 0.05) is 25.2 Å². The average molecular weight is 386 g/mol. The molecule has 1 aromatic carbocycles. The van der Waals surface area contributed by atoms with Crippen LogP contribution in [0, 0.1) is 5.41 Å². The van der Waals surface area contributed by atoms with E-state index >= 15 is 0 Å². The second-order valence-electron chi connectivity index (χ2n) is 7.30. The van der Waals surface area contributed by atoms with Crippen molar-refractivity contribution in [3.05, 3.63) is 23.8 Å².